The van der Waals surface area contributed by atoms with E-state index in [1.54, 1.807) is 6.33 Å². The minimum Gasteiger partial charge on any atom is -0.331 e. The van der Waals surface area contributed by atoms with E-state index < -0.39 is 0 Å². The molecule has 1 saturated heterocycles. The number of amides is 2. The molecule has 2 amide bonds. The van der Waals surface area contributed by atoms with Crippen LogP contribution in [0, 0.1) is 0 Å². The van der Waals surface area contributed by atoms with Crippen molar-refractivity contribution in [2.24, 2.45) is 0 Å². The van der Waals surface area contributed by atoms with Crippen LogP contribution in [-0.2, 0) is 19.6 Å². The fourth-order valence-corrected chi connectivity index (χ4v) is 3.13. The molecule has 0 radical (unpaired) electrons. The molecule has 1 atom stereocenters. The van der Waals surface area contributed by atoms with Crippen LogP contribution in [0.25, 0.3) is 0 Å². The third-order valence-corrected chi connectivity index (χ3v) is 4.58. The number of aromatic nitrogens is 3. The van der Waals surface area contributed by atoms with Gasteiger partial charge in [-0.3, -0.25) is 0 Å². The van der Waals surface area contributed by atoms with Crippen LogP contribution in [0.4, 0.5) is 4.79 Å². The summed E-state index contributed by atoms with van der Waals surface area (Å²) in [6.07, 6.45) is 3.80. The minimum absolute atomic E-state index is 0.0307. The Labute approximate surface area is 148 Å². The lowest BCUT2D eigenvalue weighted by Crippen LogP contribution is -2.50. The highest BCUT2D eigenvalue weighted by Gasteiger charge is 2.23. The zero-order chi connectivity index (χ0) is 17.5. The fourth-order valence-electron chi connectivity index (χ4n) is 3.13. The zero-order valence-electron chi connectivity index (χ0n) is 14.7. The SMILES string of the molecule is CCn1cnnc1CNC(=O)N1CCC[C@H](NCc2ccccc2)C1. The van der Waals surface area contributed by atoms with Crippen LogP contribution in [0.15, 0.2) is 36.7 Å². The lowest BCUT2D eigenvalue weighted by molar-refractivity contribution is 0.172. The highest BCUT2D eigenvalue weighted by molar-refractivity contribution is 5.74. The standard InChI is InChI=1S/C18H26N6O/c1-2-23-14-21-22-17(23)12-20-18(25)24-10-6-9-16(13-24)19-11-15-7-4-3-5-8-15/h3-5,7-8,14,16,19H,2,6,9-13H2,1H3,(H,20,25)/t16-/m0/s1. The van der Waals surface area contributed by atoms with Crippen molar-refractivity contribution >= 4 is 6.03 Å². The molecule has 0 aliphatic carbocycles. The third kappa shape index (κ3) is 4.79. The molecule has 0 spiro atoms. The quantitative estimate of drug-likeness (QED) is 0.839. The van der Waals surface area contributed by atoms with Crippen molar-refractivity contribution in [2.45, 2.75) is 45.4 Å². The monoisotopic (exact) mass is 342 g/mol. The Bertz CT molecular complexity index is 671. The number of nitrogens with one attached hydrogen (secondary N) is 2. The van der Waals surface area contributed by atoms with E-state index in [0.717, 1.165) is 44.8 Å². The largest absolute Gasteiger partial charge is 0.331 e. The highest BCUT2D eigenvalue weighted by atomic mass is 16.2. The molecule has 0 unspecified atom stereocenters. The Morgan fingerprint density at radius 3 is 2.92 bits per heavy atom. The number of hydrogen-bond acceptors (Lipinski definition) is 4. The number of piperidine rings is 1. The lowest BCUT2D eigenvalue weighted by atomic mass is 10.1. The number of carbonyl (C=O) groups is 1. The molecule has 1 aromatic heterocycles. The van der Waals surface area contributed by atoms with Crippen molar-refractivity contribution in [1.29, 1.82) is 0 Å². The first kappa shape index (κ1) is 17.4. The number of rotatable bonds is 6. The second-order valence-electron chi connectivity index (χ2n) is 6.34. The van der Waals surface area contributed by atoms with Crippen LogP contribution in [0.3, 0.4) is 0 Å². The summed E-state index contributed by atoms with van der Waals surface area (Å²) >= 11 is 0. The smallest absolute Gasteiger partial charge is 0.317 e. The zero-order valence-corrected chi connectivity index (χ0v) is 14.7. The van der Waals surface area contributed by atoms with Crippen molar-refractivity contribution < 1.29 is 4.79 Å². The van der Waals surface area contributed by atoms with E-state index in [-0.39, 0.29) is 6.03 Å². The lowest BCUT2D eigenvalue weighted by Gasteiger charge is -2.33. The van der Waals surface area contributed by atoms with Gasteiger partial charge in [0.1, 0.15) is 6.33 Å². The molecule has 7 heteroatoms. The molecule has 1 aromatic carbocycles. The van der Waals surface area contributed by atoms with Crippen LogP contribution in [0.2, 0.25) is 0 Å². The van der Waals surface area contributed by atoms with Gasteiger partial charge in [-0.15, -0.1) is 10.2 Å². The van der Waals surface area contributed by atoms with E-state index in [4.69, 9.17) is 0 Å². The number of hydrogen-bond donors (Lipinski definition) is 2. The van der Waals surface area contributed by atoms with Gasteiger partial charge in [-0.05, 0) is 25.3 Å². The topological polar surface area (TPSA) is 75.1 Å². The van der Waals surface area contributed by atoms with Gasteiger partial charge in [0.25, 0.3) is 0 Å². The maximum absolute atomic E-state index is 12.4. The molecular weight excluding hydrogens is 316 g/mol. The third-order valence-electron chi connectivity index (χ3n) is 4.58. The maximum atomic E-state index is 12.4. The van der Waals surface area contributed by atoms with Gasteiger partial charge in [0.05, 0.1) is 6.54 Å². The Balaban J connectivity index is 1.46. The fraction of sp³-hybridized carbons (Fsp3) is 0.500. The van der Waals surface area contributed by atoms with Gasteiger partial charge < -0.3 is 20.1 Å². The van der Waals surface area contributed by atoms with E-state index in [0.29, 0.717) is 12.6 Å². The number of carbonyl (C=O) groups excluding carboxylic acids is 1. The first-order valence-electron chi connectivity index (χ1n) is 8.93. The van der Waals surface area contributed by atoms with Crippen LogP contribution >= 0.6 is 0 Å². The average molecular weight is 342 g/mol. The maximum Gasteiger partial charge on any atom is 0.317 e. The van der Waals surface area contributed by atoms with Gasteiger partial charge in [0, 0.05) is 32.2 Å². The Hall–Kier alpha value is -2.41. The van der Waals surface area contributed by atoms with Crippen molar-refractivity contribution in [3.63, 3.8) is 0 Å². The van der Waals surface area contributed by atoms with E-state index in [1.165, 1.54) is 5.56 Å². The minimum atomic E-state index is -0.0307. The van der Waals surface area contributed by atoms with Gasteiger partial charge in [0.2, 0.25) is 0 Å². The number of likely N-dealkylation sites (tertiary alicyclic amines) is 1. The van der Waals surface area contributed by atoms with Crippen molar-refractivity contribution in [3.8, 4) is 0 Å². The first-order chi connectivity index (χ1) is 12.3. The molecule has 1 fully saturated rings. The molecule has 0 saturated carbocycles. The second-order valence-corrected chi connectivity index (χ2v) is 6.34. The Morgan fingerprint density at radius 1 is 1.28 bits per heavy atom. The molecule has 7 nitrogen and oxygen atoms in total. The number of aryl methyl sites for hydroxylation is 1. The first-order valence-corrected chi connectivity index (χ1v) is 8.93. The molecule has 2 N–H and O–H groups in total. The molecule has 25 heavy (non-hydrogen) atoms. The molecule has 1 aliphatic heterocycles. The summed E-state index contributed by atoms with van der Waals surface area (Å²) in [5.41, 5.74) is 1.27. The van der Waals surface area contributed by atoms with E-state index >= 15 is 0 Å². The van der Waals surface area contributed by atoms with E-state index in [2.05, 4.69) is 33.0 Å². The van der Waals surface area contributed by atoms with Crippen LogP contribution in [-0.4, -0.2) is 44.8 Å². The van der Waals surface area contributed by atoms with Gasteiger partial charge in [-0.25, -0.2) is 4.79 Å². The van der Waals surface area contributed by atoms with Crippen molar-refractivity contribution in [1.82, 2.24) is 30.3 Å². The number of urea groups is 1. The molecule has 1 aliphatic rings. The van der Waals surface area contributed by atoms with Gasteiger partial charge in [0.15, 0.2) is 5.82 Å². The van der Waals surface area contributed by atoms with Crippen molar-refractivity contribution in [3.05, 3.63) is 48.0 Å². The van der Waals surface area contributed by atoms with Gasteiger partial charge in [-0.2, -0.15) is 0 Å². The molecule has 134 valence electrons. The molecule has 3 rings (SSSR count). The summed E-state index contributed by atoms with van der Waals surface area (Å²) in [6, 6.07) is 10.7. The average Bonchev–Trinajstić information content (AvgIpc) is 3.13. The predicted octanol–water partition coefficient (Wildman–Crippen LogP) is 1.76. The summed E-state index contributed by atoms with van der Waals surface area (Å²) < 4.78 is 1.93. The van der Waals surface area contributed by atoms with E-state index in [9.17, 15) is 4.79 Å². The van der Waals surface area contributed by atoms with Gasteiger partial charge >= 0.3 is 6.03 Å². The molecule has 2 aromatic rings. The molecular formula is C18H26N6O. The normalized spacial score (nSPS) is 17.5. The second kappa shape index (κ2) is 8.62. The molecule has 0 bridgehead atoms. The number of nitrogens with zero attached hydrogens (tertiary/aromatic N) is 4. The highest BCUT2D eigenvalue weighted by Crippen LogP contribution is 2.11. The summed E-state index contributed by atoms with van der Waals surface area (Å²) in [7, 11) is 0. The van der Waals surface area contributed by atoms with Crippen molar-refractivity contribution in [2.75, 3.05) is 13.1 Å². The van der Waals surface area contributed by atoms with Crippen LogP contribution in [0.5, 0.6) is 0 Å². The van der Waals surface area contributed by atoms with Crippen LogP contribution < -0.4 is 10.6 Å². The van der Waals surface area contributed by atoms with Crippen LogP contribution in [0.1, 0.15) is 31.2 Å². The van der Waals surface area contributed by atoms with Gasteiger partial charge in [-0.1, -0.05) is 30.3 Å². The Morgan fingerprint density at radius 2 is 2.12 bits per heavy atom. The number of benzene rings is 1. The summed E-state index contributed by atoms with van der Waals surface area (Å²) in [4.78, 5) is 14.3. The summed E-state index contributed by atoms with van der Waals surface area (Å²) in [5, 5.41) is 14.5. The molecule has 2 heterocycles. The predicted molar refractivity (Wildman–Crippen MR) is 95.8 cm³/mol. The summed E-state index contributed by atoms with van der Waals surface area (Å²) in [5.74, 6) is 0.784. The Kier molecular flexibility index (Phi) is 6.00. The summed E-state index contributed by atoms with van der Waals surface area (Å²) in [6.45, 7) is 5.61. The van der Waals surface area contributed by atoms with E-state index in [1.807, 2.05) is 34.6 Å².